The maximum atomic E-state index is 10.5. The maximum absolute atomic E-state index is 10.5. The average molecular weight is 231 g/mol. The summed E-state index contributed by atoms with van der Waals surface area (Å²) in [5, 5.41) is 9.63. The van der Waals surface area contributed by atoms with E-state index >= 15 is 0 Å². The molecule has 0 fully saturated rings. The first-order chi connectivity index (χ1) is 8.11. The van der Waals surface area contributed by atoms with Crippen LogP contribution in [0.15, 0.2) is 30.3 Å². The molecule has 0 amide bonds. The van der Waals surface area contributed by atoms with Gasteiger partial charge in [0.2, 0.25) is 0 Å². The molecule has 17 heavy (non-hydrogen) atoms. The minimum absolute atomic E-state index is 0.789. The first-order valence-corrected chi connectivity index (χ1v) is 5.16. The Morgan fingerprint density at radius 2 is 2.18 bits per heavy atom. The molecule has 4 heteroatoms. The van der Waals surface area contributed by atoms with Gasteiger partial charge in [-0.3, -0.25) is 0 Å². The highest BCUT2D eigenvalue weighted by Gasteiger charge is 2.04. The van der Waals surface area contributed by atoms with Crippen LogP contribution in [0.25, 0.3) is 17.0 Å². The lowest BCUT2D eigenvalue weighted by Gasteiger charge is -2.01. The van der Waals surface area contributed by atoms with Crippen LogP contribution in [0.2, 0.25) is 0 Å². The van der Waals surface area contributed by atoms with E-state index in [2.05, 4.69) is 0 Å². The van der Waals surface area contributed by atoms with Crippen molar-refractivity contribution in [2.24, 2.45) is 7.05 Å². The molecule has 2 aromatic rings. The fraction of sp³-hybridized carbons (Fsp3) is 0.154. The second-order valence-corrected chi connectivity index (χ2v) is 3.72. The van der Waals surface area contributed by atoms with Crippen LogP contribution >= 0.6 is 0 Å². The van der Waals surface area contributed by atoms with E-state index in [1.807, 2.05) is 35.9 Å². The molecule has 1 N–H and O–H groups in total. The van der Waals surface area contributed by atoms with E-state index in [1.54, 1.807) is 13.2 Å². The van der Waals surface area contributed by atoms with Crippen molar-refractivity contribution >= 4 is 22.9 Å². The van der Waals surface area contributed by atoms with E-state index < -0.39 is 5.97 Å². The molecule has 0 spiro atoms. The van der Waals surface area contributed by atoms with E-state index in [9.17, 15) is 4.79 Å². The maximum Gasteiger partial charge on any atom is 0.328 e. The van der Waals surface area contributed by atoms with E-state index in [1.165, 1.54) is 0 Å². The first-order valence-electron chi connectivity index (χ1n) is 5.16. The normalized spacial score (nSPS) is 11.2. The number of methoxy groups -OCH3 is 1. The first kappa shape index (κ1) is 11.3. The number of nitrogens with zero attached hydrogens (tertiary/aromatic N) is 1. The molecule has 0 unspecified atom stereocenters. The van der Waals surface area contributed by atoms with Gasteiger partial charge < -0.3 is 14.4 Å². The van der Waals surface area contributed by atoms with Crippen LogP contribution in [0.3, 0.4) is 0 Å². The highest BCUT2D eigenvalue weighted by Crippen LogP contribution is 2.24. The van der Waals surface area contributed by atoms with Gasteiger partial charge in [0.15, 0.2) is 0 Å². The second-order valence-electron chi connectivity index (χ2n) is 3.72. The van der Waals surface area contributed by atoms with Gasteiger partial charge in [0.1, 0.15) is 5.75 Å². The number of carbonyl (C=O) groups is 1. The Kier molecular flexibility index (Phi) is 2.87. The molecule has 88 valence electrons. The van der Waals surface area contributed by atoms with Crippen molar-refractivity contribution < 1.29 is 14.6 Å². The predicted octanol–water partition coefficient (Wildman–Crippen LogP) is 2.28. The Morgan fingerprint density at radius 1 is 1.41 bits per heavy atom. The Labute approximate surface area is 98.7 Å². The van der Waals surface area contributed by atoms with Gasteiger partial charge in [0.05, 0.1) is 7.11 Å². The number of ether oxygens (including phenoxy) is 1. The Balaban J connectivity index is 2.52. The number of aryl methyl sites for hydroxylation is 1. The summed E-state index contributed by atoms with van der Waals surface area (Å²) in [5.74, 6) is -0.162. The molecule has 0 aliphatic rings. The van der Waals surface area contributed by atoms with Gasteiger partial charge in [-0.2, -0.15) is 0 Å². The van der Waals surface area contributed by atoms with Crippen LogP contribution in [-0.2, 0) is 11.8 Å². The van der Waals surface area contributed by atoms with Gasteiger partial charge in [0, 0.05) is 29.7 Å². The third-order valence-electron chi connectivity index (χ3n) is 2.68. The number of carboxylic acid groups (broad SMARTS) is 1. The lowest BCUT2D eigenvalue weighted by atomic mass is 10.2. The molecule has 1 aromatic heterocycles. The van der Waals surface area contributed by atoms with Gasteiger partial charge in [-0.1, -0.05) is 0 Å². The van der Waals surface area contributed by atoms with Crippen LogP contribution in [0, 0.1) is 0 Å². The molecule has 0 saturated heterocycles. The molecular weight excluding hydrogens is 218 g/mol. The SMILES string of the molecule is COc1ccc2c(c1)cc(/C=C/C(=O)O)n2C. The number of aromatic nitrogens is 1. The summed E-state index contributed by atoms with van der Waals surface area (Å²) in [6, 6.07) is 7.68. The predicted molar refractivity (Wildman–Crippen MR) is 66.1 cm³/mol. The Morgan fingerprint density at radius 3 is 2.82 bits per heavy atom. The van der Waals surface area contributed by atoms with Crippen LogP contribution in [0.5, 0.6) is 5.75 Å². The van der Waals surface area contributed by atoms with Gasteiger partial charge in [0.25, 0.3) is 0 Å². The summed E-state index contributed by atoms with van der Waals surface area (Å²) in [7, 11) is 3.52. The zero-order chi connectivity index (χ0) is 12.4. The Bertz CT molecular complexity index is 596. The lowest BCUT2D eigenvalue weighted by Crippen LogP contribution is -1.92. The van der Waals surface area contributed by atoms with Crippen molar-refractivity contribution in [3.8, 4) is 5.75 Å². The summed E-state index contributed by atoms with van der Waals surface area (Å²) in [4.78, 5) is 10.5. The highest BCUT2D eigenvalue weighted by atomic mass is 16.5. The summed E-state index contributed by atoms with van der Waals surface area (Å²) in [6.07, 6.45) is 2.71. The van der Waals surface area contributed by atoms with Crippen molar-refractivity contribution in [3.05, 3.63) is 36.0 Å². The minimum Gasteiger partial charge on any atom is -0.497 e. The van der Waals surface area contributed by atoms with Gasteiger partial charge in [-0.25, -0.2) is 4.79 Å². The molecule has 2 rings (SSSR count). The van der Waals surface area contributed by atoms with E-state index in [-0.39, 0.29) is 0 Å². The molecule has 0 saturated carbocycles. The van der Waals surface area contributed by atoms with Crippen LogP contribution in [-0.4, -0.2) is 22.8 Å². The molecule has 0 aliphatic heterocycles. The number of rotatable bonds is 3. The van der Waals surface area contributed by atoms with Crippen molar-refractivity contribution in [2.75, 3.05) is 7.11 Å². The van der Waals surface area contributed by atoms with Crippen LogP contribution in [0.4, 0.5) is 0 Å². The number of hydrogen-bond donors (Lipinski definition) is 1. The smallest absolute Gasteiger partial charge is 0.328 e. The van der Waals surface area contributed by atoms with Crippen molar-refractivity contribution in [1.82, 2.24) is 4.57 Å². The molecule has 4 nitrogen and oxygen atoms in total. The third-order valence-corrected chi connectivity index (χ3v) is 2.68. The molecule has 1 heterocycles. The van der Waals surface area contributed by atoms with Crippen molar-refractivity contribution in [2.45, 2.75) is 0 Å². The molecular formula is C13H13NO3. The topological polar surface area (TPSA) is 51.5 Å². The van der Waals surface area contributed by atoms with E-state index in [4.69, 9.17) is 9.84 Å². The number of hydrogen-bond acceptors (Lipinski definition) is 2. The number of carboxylic acids is 1. The van der Waals surface area contributed by atoms with Gasteiger partial charge in [-0.05, 0) is 30.3 Å². The number of aliphatic carboxylic acids is 1. The largest absolute Gasteiger partial charge is 0.497 e. The number of fused-ring (bicyclic) bond motifs is 1. The molecule has 1 aromatic carbocycles. The standard InChI is InChI=1S/C13H13NO3/c1-14-10(3-6-13(15)16)7-9-8-11(17-2)4-5-12(9)14/h3-8H,1-2H3,(H,15,16)/b6-3+. The van der Waals surface area contributed by atoms with Crippen LogP contribution in [0.1, 0.15) is 5.69 Å². The van der Waals surface area contributed by atoms with E-state index in [0.717, 1.165) is 28.4 Å². The molecule has 0 bridgehead atoms. The average Bonchev–Trinajstić information content (AvgIpc) is 2.63. The monoisotopic (exact) mass is 231 g/mol. The molecule has 0 aliphatic carbocycles. The second kappa shape index (κ2) is 4.33. The fourth-order valence-corrected chi connectivity index (χ4v) is 1.79. The van der Waals surface area contributed by atoms with Gasteiger partial charge in [-0.15, -0.1) is 0 Å². The summed E-state index contributed by atoms with van der Waals surface area (Å²) >= 11 is 0. The molecule has 0 radical (unpaired) electrons. The summed E-state index contributed by atoms with van der Waals surface area (Å²) < 4.78 is 7.09. The summed E-state index contributed by atoms with van der Waals surface area (Å²) in [6.45, 7) is 0. The number of benzene rings is 1. The lowest BCUT2D eigenvalue weighted by molar-refractivity contribution is -0.131. The third kappa shape index (κ3) is 2.15. The Hall–Kier alpha value is -2.23. The van der Waals surface area contributed by atoms with E-state index in [0.29, 0.717) is 0 Å². The van der Waals surface area contributed by atoms with Crippen molar-refractivity contribution in [1.29, 1.82) is 0 Å². The van der Waals surface area contributed by atoms with Crippen molar-refractivity contribution in [3.63, 3.8) is 0 Å². The minimum atomic E-state index is -0.951. The van der Waals surface area contributed by atoms with Gasteiger partial charge >= 0.3 is 5.97 Å². The zero-order valence-electron chi connectivity index (χ0n) is 9.68. The van der Waals surface area contributed by atoms with Crippen LogP contribution < -0.4 is 4.74 Å². The zero-order valence-corrected chi connectivity index (χ0v) is 9.68. The quantitative estimate of drug-likeness (QED) is 0.824. The highest BCUT2D eigenvalue weighted by molar-refractivity contribution is 5.89. The summed E-state index contributed by atoms with van der Waals surface area (Å²) in [5.41, 5.74) is 1.88. The fourth-order valence-electron chi connectivity index (χ4n) is 1.79. The molecule has 0 atom stereocenters.